The van der Waals surface area contributed by atoms with E-state index in [1.165, 1.54) is 4.90 Å². The van der Waals surface area contributed by atoms with E-state index < -0.39 is 12.1 Å². The molecule has 4 amide bonds. The van der Waals surface area contributed by atoms with Crippen molar-refractivity contribution in [2.24, 2.45) is 0 Å². The summed E-state index contributed by atoms with van der Waals surface area (Å²) in [5, 5.41) is 6.46. The summed E-state index contributed by atoms with van der Waals surface area (Å²) >= 11 is 0. The Hall–Kier alpha value is -4.01. The van der Waals surface area contributed by atoms with Gasteiger partial charge in [-0.05, 0) is 35.7 Å². The van der Waals surface area contributed by atoms with Crippen LogP contribution in [0.2, 0.25) is 0 Å². The number of hydrogen-bond donors (Lipinski definition) is 3. The van der Waals surface area contributed by atoms with Gasteiger partial charge in [-0.2, -0.15) is 0 Å². The number of methoxy groups -OCH3 is 2. The lowest BCUT2D eigenvalue weighted by Gasteiger charge is -2.13. The van der Waals surface area contributed by atoms with E-state index in [2.05, 4.69) is 15.6 Å². The SMILES string of the molecule is COc1ccc(CNC(=O)C[C@@H]2NC(=O)N(CCc3c[nH]c4ccccc34)C2=O)cc1OC. The van der Waals surface area contributed by atoms with Crippen LogP contribution in [0.1, 0.15) is 17.5 Å². The average molecular weight is 450 g/mol. The smallest absolute Gasteiger partial charge is 0.324 e. The zero-order valence-corrected chi connectivity index (χ0v) is 18.5. The number of imide groups is 1. The Bertz CT molecular complexity index is 1190. The molecule has 1 fully saturated rings. The lowest BCUT2D eigenvalue weighted by molar-refractivity contribution is -0.130. The molecule has 0 saturated carbocycles. The van der Waals surface area contributed by atoms with Gasteiger partial charge in [-0.25, -0.2) is 4.79 Å². The highest BCUT2D eigenvalue weighted by atomic mass is 16.5. The van der Waals surface area contributed by atoms with Crippen LogP contribution in [0.5, 0.6) is 11.5 Å². The molecule has 33 heavy (non-hydrogen) atoms. The number of benzene rings is 2. The molecule has 1 saturated heterocycles. The fraction of sp³-hybridized carbons (Fsp3) is 0.292. The molecule has 3 N–H and O–H groups in total. The number of aromatic amines is 1. The van der Waals surface area contributed by atoms with Gasteiger partial charge in [0.05, 0.1) is 20.6 Å². The Morgan fingerprint density at radius 2 is 1.88 bits per heavy atom. The highest BCUT2D eigenvalue weighted by molar-refractivity contribution is 6.05. The first-order chi connectivity index (χ1) is 16.0. The molecular weight excluding hydrogens is 424 g/mol. The van der Waals surface area contributed by atoms with Crippen LogP contribution >= 0.6 is 0 Å². The number of amides is 4. The minimum absolute atomic E-state index is 0.124. The van der Waals surface area contributed by atoms with Gasteiger partial charge in [0.15, 0.2) is 11.5 Å². The van der Waals surface area contributed by atoms with E-state index in [0.717, 1.165) is 22.0 Å². The van der Waals surface area contributed by atoms with E-state index >= 15 is 0 Å². The van der Waals surface area contributed by atoms with Crippen LogP contribution in [0, 0.1) is 0 Å². The number of carbonyl (C=O) groups is 3. The molecule has 0 radical (unpaired) electrons. The van der Waals surface area contributed by atoms with Gasteiger partial charge in [0, 0.05) is 30.2 Å². The maximum atomic E-state index is 12.7. The van der Waals surface area contributed by atoms with Crippen LogP contribution in [0.25, 0.3) is 10.9 Å². The van der Waals surface area contributed by atoms with Crippen molar-refractivity contribution in [2.75, 3.05) is 20.8 Å². The van der Waals surface area contributed by atoms with Gasteiger partial charge in [0.25, 0.3) is 5.91 Å². The fourth-order valence-electron chi connectivity index (χ4n) is 3.95. The Morgan fingerprint density at radius 1 is 1.09 bits per heavy atom. The van der Waals surface area contributed by atoms with Crippen molar-refractivity contribution in [2.45, 2.75) is 25.4 Å². The molecule has 1 aliphatic heterocycles. The normalized spacial score (nSPS) is 15.6. The van der Waals surface area contributed by atoms with Gasteiger partial charge < -0.3 is 25.1 Å². The molecule has 9 heteroatoms. The van der Waals surface area contributed by atoms with Crippen LogP contribution < -0.4 is 20.1 Å². The lowest BCUT2D eigenvalue weighted by atomic mass is 10.1. The quantitative estimate of drug-likeness (QED) is 0.433. The molecule has 1 atom stereocenters. The van der Waals surface area contributed by atoms with Crippen molar-refractivity contribution in [3.63, 3.8) is 0 Å². The number of nitrogens with zero attached hydrogens (tertiary/aromatic N) is 1. The van der Waals surface area contributed by atoms with E-state index in [0.29, 0.717) is 17.9 Å². The first kappa shape index (κ1) is 22.2. The second kappa shape index (κ2) is 9.64. The Balaban J connectivity index is 1.30. The second-order valence-corrected chi connectivity index (χ2v) is 7.77. The number of urea groups is 1. The van der Waals surface area contributed by atoms with Crippen molar-refractivity contribution in [3.05, 3.63) is 59.8 Å². The van der Waals surface area contributed by atoms with Crippen molar-refractivity contribution < 1.29 is 23.9 Å². The maximum absolute atomic E-state index is 12.7. The molecule has 172 valence electrons. The van der Waals surface area contributed by atoms with E-state index in [9.17, 15) is 14.4 Å². The first-order valence-electron chi connectivity index (χ1n) is 10.6. The summed E-state index contributed by atoms with van der Waals surface area (Å²) < 4.78 is 10.5. The maximum Gasteiger partial charge on any atom is 0.324 e. The molecule has 0 unspecified atom stereocenters. The third kappa shape index (κ3) is 4.77. The van der Waals surface area contributed by atoms with Crippen molar-refractivity contribution >= 4 is 28.7 Å². The van der Waals surface area contributed by atoms with E-state index in [1.807, 2.05) is 36.5 Å². The third-order valence-corrected chi connectivity index (χ3v) is 5.71. The number of hydrogen-bond acceptors (Lipinski definition) is 5. The fourth-order valence-corrected chi connectivity index (χ4v) is 3.95. The molecule has 0 aliphatic carbocycles. The Kier molecular flexibility index (Phi) is 6.48. The van der Waals surface area contributed by atoms with Crippen LogP contribution in [0.3, 0.4) is 0 Å². The van der Waals surface area contributed by atoms with Gasteiger partial charge in [-0.3, -0.25) is 14.5 Å². The minimum Gasteiger partial charge on any atom is -0.493 e. The third-order valence-electron chi connectivity index (χ3n) is 5.71. The summed E-state index contributed by atoms with van der Waals surface area (Å²) in [4.78, 5) is 41.8. The molecule has 2 heterocycles. The number of fused-ring (bicyclic) bond motifs is 1. The highest BCUT2D eigenvalue weighted by Gasteiger charge is 2.38. The number of para-hydroxylation sites is 1. The van der Waals surface area contributed by atoms with Gasteiger partial charge in [-0.1, -0.05) is 24.3 Å². The Labute approximate surface area is 191 Å². The zero-order chi connectivity index (χ0) is 23.4. The Morgan fingerprint density at radius 3 is 2.67 bits per heavy atom. The molecular formula is C24H26N4O5. The van der Waals surface area contributed by atoms with Crippen LogP contribution in [0.15, 0.2) is 48.7 Å². The van der Waals surface area contributed by atoms with Crippen molar-refractivity contribution in [1.29, 1.82) is 0 Å². The first-order valence-corrected chi connectivity index (χ1v) is 10.6. The number of rotatable bonds is 9. The monoisotopic (exact) mass is 450 g/mol. The van der Waals surface area contributed by atoms with E-state index in [-0.39, 0.29) is 31.3 Å². The molecule has 0 bridgehead atoms. The highest BCUT2D eigenvalue weighted by Crippen LogP contribution is 2.27. The topological polar surface area (TPSA) is 113 Å². The summed E-state index contributed by atoms with van der Waals surface area (Å²) in [6.07, 6.45) is 2.30. The van der Waals surface area contributed by atoms with Gasteiger partial charge in [0.1, 0.15) is 6.04 Å². The number of nitrogens with one attached hydrogen (secondary N) is 3. The molecule has 1 aromatic heterocycles. The minimum atomic E-state index is -0.870. The van der Waals surface area contributed by atoms with Gasteiger partial charge in [0.2, 0.25) is 5.91 Å². The molecule has 2 aromatic carbocycles. The largest absolute Gasteiger partial charge is 0.493 e. The molecule has 1 aliphatic rings. The molecule has 9 nitrogen and oxygen atoms in total. The number of carbonyl (C=O) groups excluding carboxylic acids is 3. The van der Waals surface area contributed by atoms with E-state index in [1.54, 1.807) is 26.4 Å². The van der Waals surface area contributed by atoms with Crippen LogP contribution in [-0.4, -0.2) is 54.5 Å². The summed E-state index contributed by atoms with van der Waals surface area (Å²) in [7, 11) is 3.09. The summed E-state index contributed by atoms with van der Waals surface area (Å²) in [5.74, 6) is 0.441. The second-order valence-electron chi connectivity index (χ2n) is 7.77. The lowest BCUT2D eigenvalue weighted by Crippen LogP contribution is -2.36. The molecule has 0 spiro atoms. The standard InChI is InChI=1S/C24H26N4O5/c1-32-20-8-7-15(11-21(20)33-2)13-26-22(29)12-19-23(30)28(24(31)27-19)10-9-16-14-25-18-6-4-3-5-17(16)18/h3-8,11,14,19,25H,9-10,12-13H2,1-2H3,(H,26,29)(H,27,31)/t19-/m0/s1. The van der Waals surface area contributed by atoms with Crippen LogP contribution in [0.4, 0.5) is 4.79 Å². The number of ether oxygens (including phenoxy) is 2. The summed E-state index contributed by atoms with van der Waals surface area (Å²) in [5.41, 5.74) is 2.86. The summed E-state index contributed by atoms with van der Waals surface area (Å²) in [6.45, 7) is 0.509. The average Bonchev–Trinajstić information content (AvgIpc) is 3.36. The predicted octanol–water partition coefficient (Wildman–Crippen LogP) is 2.35. The van der Waals surface area contributed by atoms with Gasteiger partial charge in [-0.15, -0.1) is 0 Å². The van der Waals surface area contributed by atoms with Gasteiger partial charge >= 0.3 is 6.03 Å². The number of H-pyrrole nitrogens is 1. The number of aromatic nitrogens is 1. The van der Waals surface area contributed by atoms with Crippen molar-refractivity contribution in [1.82, 2.24) is 20.5 Å². The summed E-state index contributed by atoms with van der Waals surface area (Å²) in [6, 6.07) is 11.9. The van der Waals surface area contributed by atoms with Crippen LogP contribution in [-0.2, 0) is 22.6 Å². The van der Waals surface area contributed by atoms with E-state index in [4.69, 9.17) is 9.47 Å². The molecule has 3 aromatic rings. The predicted molar refractivity (Wildman–Crippen MR) is 122 cm³/mol. The van der Waals surface area contributed by atoms with Crippen molar-refractivity contribution in [3.8, 4) is 11.5 Å². The zero-order valence-electron chi connectivity index (χ0n) is 18.5. The molecule has 4 rings (SSSR count).